The first kappa shape index (κ1) is 15.1. The molecule has 20 heavy (non-hydrogen) atoms. The number of rotatable bonds is 4. The van der Waals surface area contributed by atoms with E-state index in [1.807, 2.05) is 29.8 Å². The number of aromatic amines is 1. The van der Waals surface area contributed by atoms with Crippen molar-refractivity contribution in [2.45, 2.75) is 32.9 Å². The van der Waals surface area contributed by atoms with Crippen molar-refractivity contribution in [2.24, 2.45) is 0 Å². The van der Waals surface area contributed by atoms with Gasteiger partial charge in [0.05, 0.1) is 6.04 Å². The van der Waals surface area contributed by atoms with E-state index < -0.39 is 0 Å². The quantitative estimate of drug-likeness (QED) is 0.852. The van der Waals surface area contributed by atoms with Crippen LogP contribution in [0.4, 0.5) is 5.95 Å². The molecule has 2 aromatic rings. The van der Waals surface area contributed by atoms with Crippen molar-refractivity contribution in [3.05, 3.63) is 39.6 Å². The lowest BCUT2D eigenvalue weighted by Gasteiger charge is -2.27. The molecule has 0 saturated carbocycles. The van der Waals surface area contributed by atoms with Gasteiger partial charge in [-0.15, -0.1) is 5.10 Å². The van der Waals surface area contributed by atoms with Crippen LogP contribution in [0.2, 0.25) is 5.02 Å². The van der Waals surface area contributed by atoms with Gasteiger partial charge in [0.1, 0.15) is 0 Å². The van der Waals surface area contributed by atoms with Crippen molar-refractivity contribution in [3.63, 3.8) is 0 Å². The molecule has 0 saturated heterocycles. The molecule has 1 aromatic carbocycles. The molecule has 0 aliphatic rings. The van der Waals surface area contributed by atoms with Gasteiger partial charge in [0.15, 0.2) is 4.77 Å². The first-order valence-electron chi connectivity index (χ1n) is 6.57. The summed E-state index contributed by atoms with van der Waals surface area (Å²) in [5.74, 6) is 0.831. The summed E-state index contributed by atoms with van der Waals surface area (Å²) < 4.78 is 2.65. The maximum absolute atomic E-state index is 6.06. The predicted octanol–water partition coefficient (Wildman–Crippen LogP) is 4.37. The fourth-order valence-corrected chi connectivity index (χ4v) is 2.71. The zero-order chi connectivity index (χ0) is 14.9. The van der Waals surface area contributed by atoms with Crippen LogP contribution in [0.3, 0.4) is 0 Å². The van der Waals surface area contributed by atoms with Crippen molar-refractivity contribution in [1.82, 2.24) is 14.8 Å². The number of halogens is 1. The van der Waals surface area contributed by atoms with E-state index in [0.717, 1.165) is 16.5 Å². The first-order chi connectivity index (χ1) is 9.41. The van der Waals surface area contributed by atoms with Gasteiger partial charge < -0.3 is 4.90 Å². The van der Waals surface area contributed by atoms with Crippen LogP contribution in [-0.4, -0.2) is 21.8 Å². The molecule has 1 unspecified atom stereocenters. The minimum absolute atomic E-state index is 0.149. The van der Waals surface area contributed by atoms with Crippen molar-refractivity contribution in [2.75, 3.05) is 11.9 Å². The maximum atomic E-state index is 6.06. The average molecular weight is 311 g/mol. The van der Waals surface area contributed by atoms with Gasteiger partial charge in [-0.05, 0) is 50.7 Å². The van der Waals surface area contributed by atoms with Gasteiger partial charge in [-0.25, -0.2) is 5.10 Å². The summed E-state index contributed by atoms with van der Waals surface area (Å²) in [4.78, 5) is 2.10. The van der Waals surface area contributed by atoms with E-state index in [0.29, 0.717) is 4.77 Å². The van der Waals surface area contributed by atoms with Crippen LogP contribution in [0.1, 0.15) is 38.4 Å². The van der Waals surface area contributed by atoms with Crippen LogP contribution in [-0.2, 0) is 0 Å². The number of benzene rings is 1. The lowest BCUT2D eigenvalue weighted by Crippen LogP contribution is -2.25. The van der Waals surface area contributed by atoms with Crippen molar-refractivity contribution in [1.29, 1.82) is 0 Å². The summed E-state index contributed by atoms with van der Waals surface area (Å²) in [6.07, 6.45) is 0. The Bertz CT molecular complexity index is 647. The average Bonchev–Trinajstić information content (AvgIpc) is 2.79. The number of anilines is 1. The lowest BCUT2D eigenvalue weighted by atomic mass is 10.1. The Hall–Kier alpha value is -1.33. The number of nitrogens with zero attached hydrogens (tertiary/aromatic N) is 3. The van der Waals surface area contributed by atoms with Gasteiger partial charge in [-0.3, -0.25) is 4.57 Å². The normalized spacial score (nSPS) is 12.7. The molecule has 0 spiro atoms. The van der Waals surface area contributed by atoms with Crippen LogP contribution >= 0.6 is 23.8 Å². The van der Waals surface area contributed by atoms with E-state index in [-0.39, 0.29) is 12.1 Å². The molecule has 4 nitrogen and oxygen atoms in total. The van der Waals surface area contributed by atoms with E-state index in [1.54, 1.807) is 0 Å². The summed E-state index contributed by atoms with van der Waals surface area (Å²) >= 11 is 11.4. The lowest BCUT2D eigenvalue weighted by molar-refractivity contribution is 0.571. The molecule has 0 fully saturated rings. The third kappa shape index (κ3) is 2.88. The minimum Gasteiger partial charge on any atom is -0.337 e. The largest absolute Gasteiger partial charge is 0.337 e. The molecular weight excluding hydrogens is 292 g/mol. The highest BCUT2D eigenvalue weighted by Crippen LogP contribution is 2.27. The van der Waals surface area contributed by atoms with Crippen LogP contribution in [0.25, 0.3) is 0 Å². The first-order valence-corrected chi connectivity index (χ1v) is 7.35. The third-order valence-electron chi connectivity index (χ3n) is 3.43. The minimum atomic E-state index is 0.149. The summed E-state index contributed by atoms with van der Waals surface area (Å²) in [5.41, 5.74) is 1.14. The summed E-state index contributed by atoms with van der Waals surface area (Å²) in [5, 5.41) is 7.95. The molecule has 1 heterocycles. The summed E-state index contributed by atoms with van der Waals surface area (Å²) in [6, 6.07) is 8.28. The molecule has 6 heteroatoms. The van der Waals surface area contributed by atoms with Gasteiger partial charge in [0.2, 0.25) is 5.95 Å². The Morgan fingerprint density at radius 2 is 2.05 bits per heavy atom. The second-order valence-corrected chi connectivity index (χ2v) is 5.96. The van der Waals surface area contributed by atoms with Gasteiger partial charge in [-0.1, -0.05) is 23.7 Å². The summed E-state index contributed by atoms with van der Waals surface area (Å²) in [6.45, 7) is 6.30. The number of H-pyrrole nitrogens is 1. The maximum Gasteiger partial charge on any atom is 0.226 e. The highest BCUT2D eigenvalue weighted by atomic mass is 35.5. The van der Waals surface area contributed by atoms with Crippen molar-refractivity contribution >= 4 is 29.8 Å². The van der Waals surface area contributed by atoms with E-state index in [2.05, 4.69) is 41.9 Å². The monoisotopic (exact) mass is 310 g/mol. The molecule has 1 N–H and O–H groups in total. The van der Waals surface area contributed by atoms with E-state index in [9.17, 15) is 0 Å². The zero-order valence-corrected chi connectivity index (χ0v) is 13.7. The fourth-order valence-electron chi connectivity index (χ4n) is 2.17. The number of nitrogens with one attached hydrogen (secondary N) is 1. The predicted molar refractivity (Wildman–Crippen MR) is 86.1 cm³/mol. The number of aromatic nitrogens is 3. The Morgan fingerprint density at radius 3 is 2.65 bits per heavy atom. The molecule has 0 amide bonds. The topological polar surface area (TPSA) is 36.9 Å². The Morgan fingerprint density at radius 1 is 1.35 bits per heavy atom. The van der Waals surface area contributed by atoms with Gasteiger partial charge in [-0.2, -0.15) is 0 Å². The molecule has 0 aliphatic heterocycles. The molecule has 2 rings (SSSR count). The zero-order valence-electron chi connectivity index (χ0n) is 12.1. The molecule has 0 radical (unpaired) electrons. The molecule has 0 aliphatic carbocycles. The Labute approximate surface area is 129 Å². The highest BCUT2D eigenvalue weighted by Gasteiger charge is 2.19. The number of hydrogen-bond donors (Lipinski definition) is 1. The molecule has 108 valence electrons. The second-order valence-electron chi connectivity index (χ2n) is 5.13. The standard InChI is InChI=1S/C14H19ClN4S/c1-9(2)19-13(16-17-14(19)20)18(4)10(3)11-6-5-7-12(15)8-11/h5-10H,1-4H3,(H,17,20). The Kier molecular flexibility index (Phi) is 4.50. The van der Waals surface area contributed by atoms with Crippen molar-refractivity contribution < 1.29 is 0 Å². The second kappa shape index (κ2) is 5.97. The van der Waals surface area contributed by atoms with Crippen LogP contribution in [0, 0.1) is 4.77 Å². The molecule has 1 atom stereocenters. The SMILES string of the molecule is CC(c1cccc(Cl)c1)N(C)c1n[nH]c(=S)n1C(C)C. The molecule has 1 aromatic heterocycles. The van der Waals surface area contributed by atoms with Crippen LogP contribution in [0.15, 0.2) is 24.3 Å². The third-order valence-corrected chi connectivity index (χ3v) is 3.95. The van der Waals surface area contributed by atoms with Crippen molar-refractivity contribution in [3.8, 4) is 0 Å². The van der Waals surface area contributed by atoms with Gasteiger partial charge in [0, 0.05) is 18.1 Å². The fraction of sp³-hybridized carbons (Fsp3) is 0.429. The Balaban J connectivity index is 2.36. The molecular formula is C14H19ClN4S. The van der Waals surface area contributed by atoms with E-state index in [4.69, 9.17) is 23.8 Å². The van der Waals surface area contributed by atoms with E-state index in [1.165, 1.54) is 0 Å². The van der Waals surface area contributed by atoms with Crippen LogP contribution in [0.5, 0.6) is 0 Å². The number of hydrogen-bond acceptors (Lipinski definition) is 3. The smallest absolute Gasteiger partial charge is 0.226 e. The van der Waals surface area contributed by atoms with Gasteiger partial charge in [0.25, 0.3) is 0 Å². The molecule has 0 bridgehead atoms. The summed E-state index contributed by atoms with van der Waals surface area (Å²) in [7, 11) is 2.01. The van der Waals surface area contributed by atoms with Gasteiger partial charge >= 0.3 is 0 Å². The van der Waals surface area contributed by atoms with Crippen LogP contribution < -0.4 is 4.90 Å². The highest BCUT2D eigenvalue weighted by molar-refractivity contribution is 7.71. The van der Waals surface area contributed by atoms with E-state index >= 15 is 0 Å².